The van der Waals surface area contributed by atoms with E-state index in [-0.39, 0.29) is 12.6 Å². The largest absolute Gasteiger partial charge is 0.462 e. The summed E-state index contributed by atoms with van der Waals surface area (Å²) in [4.78, 5) is 12.9. The summed E-state index contributed by atoms with van der Waals surface area (Å²) >= 11 is 0. The normalized spacial score (nSPS) is 18.3. The number of hydrogen-bond acceptors (Lipinski definition) is 3. The van der Waals surface area contributed by atoms with Gasteiger partial charge in [-0.3, -0.25) is 0 Å². The average molecular weight is 279 g/mol. The number of esters is 1. The van der Waals surface area contributed by atoms with Crippen LogP contribution in [0.4, 0.5) is 13.2 Å². The number of alkyl halides is 3. The highest BCUT2D eigenvalue weighted by Gasteiger charge is 2.40. The molecule has 0 aliphatic heterocycles. The van der Waals surface area contributed by atoms with E-state index in [0.29, 0.717) is 0 Å². The van der Waals surface area contributed by atoms with E-state index in [0.717, 1.165) is 38.3 Å². The maximum atomic E-state index is 12.8. The zero-order chi connectivity index (χ0) is 14.5. The van der Waals surface area contributed by atoms with E-state index in [1.54, 1.807) is 7.05 Å². The minimum atomic E-state index is -4.69. The summed E-state index contributed by atoms with van der Waals surface area (Å²) in [6.45, 7) is 1.41. The molecule has 0 aromatic carbocycles. The van der Waals surface area contributed by atoms with Crippen LogP contribution in [0.5, 0.6) is 0 Å². The van der Waals surface area contributed by atoms with Crippen molar-refractivity contribution < 1.29 is 22.7 Å². The molecule has 1 aliphatic rings. The predicted molar refractivity (Wildman–Crippen MR) is 65.4 cm³/mol. The number of rotatable bonds is 4. The van der Waals surface area contributed by atoms with Gasteiger partial charge in [-0.15, -0.1) is 0 Å². The van der Waals surface area contributed by atoms with Crippen molar-refractivity contribution >= 4 is 5.97 Å². The maximum absolute atomic E-state index is 12.8. The molecule has 0 aromatic rings. The van der Waals surface area contributed by atoms with Crippen LogP contribution in [0, 0.1) is 0 Å². The van der Waals surface area contributed by atoms with Crippen molar-refractivity contribution in [3.05, 3.63) is 11.8 Å². The van der Waals surface area contributed by atoms with E-state index in [4.69, 9.17) is 0 Å². The molecule has 0 N–H and O–H groups in total. The Kier molecular flexibility index (Phi) is 5.69. The Morgan fingerprint density at radius 3 is 2.37 bits per heavy atom. The average Bonchev–Trinajstić information content (AvgIpc) is 2.35. The second-order valence-electron chi connectivity index (χ2n) is 4.72. The van der Waals surface area contributed by atoms with Gasteiger partial charge in [0.1, 0.15) is 0 Å². The molecule has 6 heteroatoms. The van der Waals surface area contributed by atoms with Crippen LogP contribution in [0.15, 0.2) is 11.8 Å². The van der Waals surface area contributed by atoms with Crippen LogP contribution >= 0.6 is 0 Å². The topological polar surface area (TPSA) is 29.5 Å². The van der Waals surface area contributed by atoms with Crippen molar-refractivity contribution in [2.75, 3.05) is 13.7 Å². The number of halogens is 3. The van der Waals surface area contributed by atoms with Gasteiger partial charge in [-0.1, -0.05) is 19.3 Å². The summed E-state index contributed by atoms with van der Waals surface area (Å²) in [7, 11) is 1.58. The Balaban J connectivity index is 2.83. The van der Waals surface area contributed by atoms with Gasteiger partial charge in [0.25, 0.3) is 0 Å². The predicted octanol–water partition coefficient (Wildman–Crippen LogP) is 3.26. The van der Waals surface area contributed by atoms with Gasteiger partial charge in [-0.25, -0.2) is 4.79 Å². The Labute approximate surface area is 111 Å². The summed E-state index contributed by atoms with van der Waals surface area (Å²) in [5.41, 5.74) is -1.23. The van der Waals surface area contributed by atoms with Crippen LogP contribution in [0.2, 0.25) is 0 Å². The second kappa shape index (κ2) is 6.82. The molecule has 0 heterocycles. The highest BCUT2D eigenvalue weighted by molar-refractivity contribution is 5.89. The van der Waals surface area contributed by atoms with E-state index in [1.165, 1.54) is 11.8 Å². The van der Waals surface area contributed by atoms with E-state index in [2.05, 4.69) is 4.74 Å². The second-order valence-corrected chi connectivity index (χ2v) is 4.72. The zero-order valence-electron chi connectivity index (χ0n) is 11.3. The fraction of sp³-hybridized carbons (Fsp3) is 0.769. The van der Waals surface area contributed by atoms with Crippen LogP contribution < -0.4 is 0 Å². The molecule has 0 aromatic heterocycles. The lowest BCUT2D eigenvalue weighted by molar-refractivity contribution is -0.150. The number of hydrogen-bond donors (Lipinski definition) is 0. The first-order chi connectivity index (χ1) is 8.86. The third kappa shape index (κ3) is 4.76. The number of nitrogens with zero attached hydrogens (tertiary/aromatic N) is 1. The molecule has 19 heavy (non-hydrogen) atoms. The Hall–Kier alpha value is -1.20. The van der Waals surface area contributed by atoms with Crippen LogP contribution in [-0.2, 0) is 9.53 Å². The first-order valence-corrected chi connectivity index (χ1v) is 6.54. The SMILES string of the molecule is CCOC(=O)/C(=C\N(C)C1CCCCC1)C(F)(F)F. The minimum Gasteiger partial charge on any atom is -0.462 e. The van der Waals surface area contributed by atoms with Gasteiger partial charge in [-0.05, 0) is 19.8 Å². The summed E-state index contributed by atoms with van der Waals surface area (Å²) < 4.78 is 42.9. The Morgan fingerprint density at radius 1 is 1.32 bits per heavy atom. The van der Waals surface area contributed by atoms with E-state index >= 15 is 0 Å². The standard InChI is InChI=1S/C13H20F3NO2/c1-3-19-12(18)11(13(14,15)16)9-17(2)10-7-5-4-6-8-10/h9-10H,3-8H2,1-2H3/b11-9+. The molecule has 0 spiro atoms. The van der Waals surface area contributed by atoms with Crippen LogP contribution in [0.1, 0.15) is 39.0 Å². The van der Waals surface area contributed by atoms with E-state index in [1.807, 2.05) is 0 Å². The molecule has 0 amide bonds. The van der Waals surface area contributed by atoms with Crippen molar-refractivity contribution in [3.8, 4) is 0 Å². The molecule has 0 bridgehead atoms. The van der Waals surface area contributed by atoms with Gasteiger partial charge < -0.3 is 9.64 Å². The third-order valence-corrected chi connectivity index (χ3v) is 3.28. The van der Waals surface area contributed by atoms with Gasteiger partial charge in [-0.2, -0.15) is 13.2 Å². The molecule has 0 radical (unpaired) electrons. The van der Waals surface area contributed by atoms with Crippen LogP contribution in [0.25, 0.3) is 0 Å². The Morgan fingerprint density at radius 2 is 1.89 bits per heavy atom. The summed E-state index contributed by atoms with van der Waals surface area (Å²) in [6.07, 6.45) is 1.08. The van der Waals surface area contributed by atoms with Crippen molar-refractivity contribution in [3.63, 3.8) is 0 Å². The van der Waals surface area contributed by atoms with E-state index in [9.17, 15) is 18.0 Å². The number of ether oxygens (including phenoxy) is 1. The monoisotopic (exact) mass is 279 g/mol. The molecule has 110 valence electrons. The fourth-order valence-corrected chi connectivity index (χ4v) is 2.25. The van der Waals surface area contributed by atoms with E-state index < -0.39 is 17.7 Å². The van der Waals surface area contributed by atoms with Crippen molar-refractivity contribution in [2.45, 2.75) is 51.2 Å². The van der Waals surface area contributed by atoms with Crippen molar-refractivity contribution in [1.82, 2.24) is 4.90 Å². The van der Waals surface area contributed by atoms with Gasteiger partial charge >= 0.3 is 12.1 Å². The molecule has 0 atom stereocenters. The van der Waals surface area contributed by atoms with Crippen molar-refractivity contribution in [2.24, 2.45) is 0 Å². The number of carbonyl (C=O) groups is 1. The Bertz CT molecular complexity index is 333. The molecule has 0 unspecified atom stereocenters. The lowest BCUT2D eigenvalue weighted by Crippen LogP contribution is -2.32. The molecule has 1 aliphatic carbocycles. The molecule has 0 saturated heterocycles. The van der Waals surface area contributed by atoms with Crippen LogP contribution in [0.3, 0.4) is 0 Å². The van der Waals surface area contributed by atoms with Gasteiger partial charge in [0.15, 0.2) is 5.57 Å². The highest BCUT2D eigenvalue weighted by Crippen LogP contribution is 2.29. The summed E-state index contributed by atoms with van der Waals surface area (Å²) in [5, 5.41) is 0. The quantitative estimate of drug-likeness (QED) is 0.584. The first-order valence-electron chi connectivity index (χ1n) is 6.54. The molecular formula is C13H20F3NO2. The zero-order valence-corrected chi connectivity index (χ0v) is 11.3. The van der Waals surface area contributed by atoms with Gasteiger partial charge in [0.2, 0.25) is 0 Å². The smallest absolute Gasteiger partial charge is 0.424 e. The van der Waals surface area contributed by atoms with Crippen LogP contribution in [-0.4, -0.2) is 36.7 Å². The molecular weight excluding hydrogens is 259 g/mol. The molecule has 3 nitrogen and oxygen atoms in total. The third-order valence-electron chi connectivity index (χ3n) is 3.28. The molecule has 1 saturated carbocycles. The highest BCUT2D eigenvalue weighted by atomic mass is 19.4. The number of carbonyl (C=O) groups excluding carboxylic acids is 1. The first kappa shape index (κ1) is 15.9. The summed E-state index contributed by atoms with van der Waals surface area (Å²) in [6, 6.07) is 0.0699. The van der Waals surface area contributed by atoms with Gasteiger partial charge in [0, 0.05) is 19.3 Å². The lowest BCUT2D eigenvalue weighted by Gasteiger charge is -2.31. The fourth-order valence-electron chi connectivity index (χ4n) is 2.25. The maximum Gasteiger partial charge on any atom is 0.424 e. The molecule has 1 rings (SSSR count). The molecule has 1 fully saturated rings. The lowest BCUT2D eigenvalue weighted by atomic mass is 9.94. The van der Waals surface area contributed by atoms with Gasteiger partial charge in [0.05, 0.1) is 6.61 Å². The minimum absolute atomic E-state index is 0.0699. The summed E-state index contributed by atoms with van der Waals surface area (Å²) in [5.74, 6) is -1.31. The van der Waals surface area contributed by atoms with Crippen molar-refractivity contribution in [1.29, 1.82) is 0 Å².